The summed E-state index contributed by atoms with van der Waals surface area (Å²) in [5, 5.41) is 20.7. The first-order valence-electron chi connectivity index (χ1n) is 6.50. The lowest BCUT2D eigenvalue weighted by molar-refractivity contribution is -0.167. The van der Waals surface area contributed by atoms with Crippen LogP contribution in [0, 0.1) is 0 Å². The van der Waals surface area contributed by atoms with E-state index in [9.17, 15) is 19.5 Å². The zero-order valence-electron chi connectivity index (χ0n) is 11.8. The van der Waals surface area contributed by atoms with Crippen LogP contribution in [0.1, 0.15) is 12.0 Å². The predicted octanol–water partition coefficient (Wildman–Crippen LogP) is 0.732. The maximum Gasteiger partial charge on any atom is 0.343 e. The number of ether oxygens (including phenoxy) is 1. The number of esters is 2. The molecule has 1 unspecified atom stereocenters. The van der Waals surface area contributed by atoms with Gasteiger partial charge < -0.3 is 20.3 Å². The summed E-state index contributed by atoms with van der Waals surface area (Å²) in [6.45, 7) is 4.14. The lowest BCUT2D eigenvalue weighted by Gasteiger charge is -2.08. The highest BCUT2D eigenvalue weighted by atomic mass is 16.6. The van der Waals surface area contributed by atoms with Crippen LogP contribution in [0.2, 0.25) is 0 Å². The van der Waals surface area contributed by atoms with Crippen molar-refractivity contribution in [2.75, 3.05) is 11.9 Å². The molecule has 22 heavy (non-hydrogen) atoms. The van der Waals surface area contributed by atoms with Gasteiger partial charge in [-0.15, -0.1) is 6.58 Å². The maximum atomic E-state index is 11.6. The molecule has 0 aliphatic carbocycles. The summed E-state index contributed by atoms with van der Waals surface area (Å²) in [6.07, 6.45) is -1.16. The molecule has 0 bridgehead atoms. The number of rotatable bonds is 8. The van der Waals surface area contributed by atoms with Gasteiger partial charge >= 0.3 is 17.9 Å². The second-order valence-corrected chi connectivity index (χ2v) is 4.45. The monoisotopic (exact) mass is 307 g/mol. The number of carbonyl (C=O) groups is 3. The molecule has 0 fully saturated rings. The second-order valence-electron chi connectivity index (χ2n) is 4.45. The first kappa shape index (κ1) is 17.4. The van der Waals surface area contributed by atoms with Crippen molar-refractivity contribution < 1.29 is 29.3 Å². The molecule has 1 aromatic carbocycles. The van der Waals surface area contributed by atoms with E-state index >= 15 is 0 Å². The van der Waals surface area contributed by atoms with Gasteiger partial charge in [0, 0.05) is 12.2 Å². The summed E-state index contributed by atoms with van der Waals surface area (Å²) in [7, 11) is 0. The smallest absolute Gasteiger partial charge is 0.343 e. The van der Waals surface area contributed by atoms with Gasteiger partial charge in [-0.2, -0.15) is 0 Å². The van der Waals surface area contributed by atoms with E-state index in [1.165, 1.54) is 0 Å². The van der Waals surface area contributed by atoms with E-state index in [0.717, 1.165) is 5.69 Å². The Labute approximate surface area is 127 Å². The molecule has 7 heteroatoms. The zero-order valence-corrected chi connectivity index (χ0v) is 11.8. The fraction of sp³-hybridized carbons (Fsp3) is 0.267. The number of hydrogen-bond donors (Lipinski definition) is 3. The number of carboxylic acids is 1. The number of aliphatic carboxylic acids is 1. The third kappa shape index (κ3) is 6.19. The molecular weight excluding hydrogens is 290 g/mol. The summed E-state index contributed by atoms with van der Waals surface area (Å²) >= 11 is 0. The number of aliphatic hydroxyl groups is 1. The summed E-state index contributed by atoms with van der Waals surface area (Å²) < 4.78 is 4.41. The molecule has 0 amide bonds. The van der Waals surface area contributed by atoms with Crippen LogP contribution in [0.15, 0.2) is 36.9 Å². The van der Waals surface area contributed by atoms with Gasteiger partial charge in [-0.1, -0.05) is 18.2 Å². The van der Waals surface area contributed by atoms with Crippen molar-refractivity contribution in [3.63, 3.8) is 0 Å². The standard InChI is InChI=1S/C15H17NO6/c1-2-6-16-11-5-3-4-10(7-11)8-14(20)22-15(21)12(17)9-13(18)19/h2-5,7,12,16-17H,1,6,8-9H2,(H,18,19). The van der Waals surface area contributed by atoms with Crippen LogP contribution in [0.3, 0.4) is 0 Å². The van der Waals surface area contributed by atoms with Crippen molar-refractivity contribution in [1.82, 2.24) is 0 Å². The topological polar surface area (TPSA) is 113 Å². The van der Waals surface area contributed by atoms with Crippen molar-refractivity contribution in [2.45, 2.75) is 18.9 Å². The molecule has 0 spiro atoms. The quantitative estimate of drug-likeness (QED) is 0.368. The highest BCUT2D eigenvalue weighted by Gasteiger charge is 2.22. The number of benzene rings is 1. The third-order valence-electron chi connectivity index (χ3n) is 2.58. The Morgan fingerprint density at radius 2 is 2.09 bits per heavy atom. The minimum absolute atomic E-state index is 0.171. The first-order chi connectivity index (χ1) is 10.4. The van der Waals surface area contributed by atoms with E-state index in [4.69, 9.17) is 5.11 Å². The van der Waals surface area contributed by atoms with Crippen LogP contribution in [0.25, 0.3) is 0 Å². The van der Waals surface area contributed by atoms with Gasteiger partial charge in [-0.3, -0.25) is 9.59 Å². The van der Waals surface area contributed by atoms with Crippen molar-refractivity contribution in [2.24, 2.45) is 0 Å². The number of hydrogen-bond acceptors (Lipinski definition) is 6. The SMILES string of the molecule is C=CCNc1cccc(CC(=O)OC(=O)C(O)CC(=O)O)c1. The number of aliphatic hydroxyl groups excluding tert-OH is 1. The molecule has 7 nitrogen and oxygen atoms in total. The summed E-state index contributed by atoms with van der Waals surface area (Å²) in [4.78, 5) is 33.3. The predicted molar refractivity (Wildman–Crippen MR) is 78.2 cm³/mol. The van der Waals surface area contributed by atoms with Gasteiger partial charge in [0.1, 0.15) is 0 Å². The minimum atomic E-state index is -1.86. The molecule has 1 aromatic rings. The molecule has 1 atom stereocenters. The third-order valence-corrected chi connectivity index (χ3v) is 2.58. The lowest BCUT2D eigenvalue weighted by Crippen LogP contribution is -2.28. The van der Waals surface area contributed by atoms with Crippen molar-refractivity contribution in [3.05, 3.63) is 42.5 Å². The van der Waals surface area contributed by atoms with E-state index in [0.29, 0.717) is 12.1 Å². The molecule has 0 aromatic heterocycles. The molecule has 118 valence electrons. The molecule has 0 radical (unpaired) electrons. The lowest BCUT2D eigenvalue weighted by atomic mass is 10.1. The minimum Gasteiger partial charge on any atom is -0.481 e. The van der Waals surface area contributed by atoms with Crippen molar-refractivity contribution >= 4 is 23.6 Å². The number of nitrogens with one attached hydrogen (secondary N) is 1. The fourth-order valence-electron chi connectivity index (χ4n) is 1.61. The van der Waals surface area contributed by atoms with Crippen LogP contribution in [-0.4, -0.2) is 40.8 Å². The number of anilines is 1. The summed E-state index contributed by atoms with van der Waals surface area (Å²) in [5.41, 5.74) is 1.39. The van der Waals surface area contributed by atoms with Gasteiger partial charge in [0.05, 0.1) is 12.8 Å². The molecular formula is C15H17NO6. The highest BCUT2D eigenvalue weighted by Crippen LogP contribution is 2.11. The van der Waals surface area contributed by atoms with Crippen molar-refractivity contribution in [3.8, 4) is 0 Å². The molecule has 0 saturated carbocycles. The van der Waals surface area contributed by atoms with E-state index in [-0.39, 0.29) is 6.42 Å². The summed E-state index contributed by atoms with van der Waals surface area (Å²) in [6, 6.07) is 6.93. The van der Waals surface area contributed by atoms with Gasteiger partial charge in [-0.05, 0) is 17.7 Å². The molecule has 3 N–H and O–H groups in total. The van der Waals surface area contributed by atoms with E-state index in [2.05, 4.69) is 16.6 Å². The normalized spacial score (nSPS) is 11.3. The Hall–Kier alpha value is -2.67. The van der Waals surface area contributed by atoms with Crippen LogP contribution in [0.4, 0.5) is 5.69 Å². The van der Waals surface area contributed by atoms with Gasteiger partial charge in [0.25, 0.3) is 0 Å². The van der Waals surface area contributed by atoms with E-state index in [1.54, 1.807) is 30.3 Å². The van der Waals surface area contributed by atoms with Crippen LogP contribution < -0.4 is 5.32 Å². The first-order valence-corrected chi connectivity index (χ1v) is 6.50. The second kappa shape index (κ2) is 8.58. The number of carboxylic acid groups (broad SMARTS) is 1. The Morgan fingerprint density at radius 3 is 2.73 bits per heavy atom. The average Bonchev–Trinajstić information content (AvgIpc) is 2.44. The van der Waals surface area contributed by atoms with Gasteiger partial charge in [0.2, 0.25) is 0 Å². The van der Waals surface area contributed by atoms with Gasteiger partial charge in [0.15, 0.2) is 6.10 Å². The Kier molecular flexibility index (Phi) is 6.78. The number of carbonyl (C=O) groups excluding carboxylic acids is 2. The zero-order chi connectivity index (χ0) is 16.5. The van der Waals surface area contributed by atoms with E-state index < -0.39 is 30.4 Å². The van der Waals surface area contributed by atoms with Crippen molar-refractivity contribution in [1.29, 1.82) is 0 Å². The van der Waals surface area contributed by atoms with Crippen LogP contribution in [0.5, 0.6) is 0 Å². The fourth-order valence-corrected chi connectivity index (χ4v) is 1.61. The Bertz CT molecular complexity index is 569. The Balaban J connectivity index is 2.56. The molecule has 0 aliphatic rings. The maximum absolute atomic E-state index is 11.6. The molecule has 0 heterocycles. The average molecular weight is 307 g/mol. The molecule has 0 saturated heterocycles. The highest BCUT2D eigenvalue weighted by molar-refractivity contribution is 5.90. The summed E-state index contributed by atoms with van der Waals surface area (Å²) in [5.74, 6) is -3.50. The Morgan fingerprint density at radius 1 is 1.36 bits per heavy atom. The molecule has 0 aliphatic heterocycles. The largest absolute Gasteiger partial charge is 0.481 e. The van der Waals surface area contributed by atoms with Crippen LogP contribution in [-0.2, 0) is 25.5 Å². The van der Waals surface area contributed by atoms with Crippen LogP contribution >= 0.6 is 0 Å². The van der Waals surface area contributed by atoms with Gasteiger partial charge in [-0.25, -0.2) is 4.79 Å². The van der Waals surface area contributed by atoms with E-state index in [1.807, 2.05) is 0 Å². The molecule has 1 rings (SSSR count).